The van der Waals surface area contributed by atoms with Gasteiger partial charge in [-0.3, -0.25) is 4.40 Å². The summed E-state index contributed by atoms with van der Waals surface area (Å²) in [6, 6.07) is 12.6. The van der Waals surface area contributed by atoms with E-state index >= 15 is 0 Å². The van der Waals surface area contributed by atoms with Gasteiger partial charge >= 0.3 is 0 Å². The highest BCUT2D eigenvalue weighted by Crippen LogP contribution is 2.38. The number of anilines is 1. The fourth-order valence-electron chi connectivity index (χ4n) is 4.31. The molecule has 0 N–H and O–H groups in total. The van der Waals surface area contributed by atoms with Gasteiger partial charge in [0.15, 0.2) is 11.8 Å². The van der Waals surface area contributed by atoms with E-state index in [0.29, 0.717) is 18.7 Å². The predicted octanol–water partition coefficient (Wildman–Crippen LogP) is 2.58. The second-order valence-electron chi connectivity index (χ2n) is 6.82. The highest BCUT2D eigenvalue weighted by atomic mass is 16.5. The predicted molar refractivity (Wildman–Crippen MR) is 97.0 cm³/mol. The Morgan fingerprint density at radius 3 is 2.85 bits per heavy atom. The van der Waals surface area contributed by atoms with E-state index in [0.717, 1.165) is 53.9 Å². The van der Waals surface area contributed by atoms with Crippen LogP contribution in [0.2, 0.25) is 0 Å². The zero-order chi connectivity index (χ0) is 17.7. The van der Waals surface area contributed by atoms with Gasteiger partial charge in [-0.15, -0.1) is 0 Å². The number of hydrogen-bond donors (Lipinski definition) is 0. The van der Waals surface area contributed by atoms with E-state index in [1.54, 1.807) is 0 Å². The van der Waals surface area contributed by atoms with Gasteiger partial charge < -0.3 is 9.64 Å². The standard InChI is InChI=1S/C20H17N5O/c21-10-13-12-24(8-9-26-13)20-15-5-3-4-14(15)16(11-22)19-23-17-6-1-2-7-18(17)25(19)20/h1-2,6-7,13H,3-5,8-9,12H2. The van der Waals surface area contributed by atoms with Crippen LogP contribution in [-0.4, -0.2) is 35.2 Å². The molecule has 3 heterocycles. The summed E-state index contributed by atoms with van der Waals surface area (Å²) in [6.07, 6.45) is 2.49. The van der Waals surface area contributed by atoms with E-state index in [-0.39, 0.29) is 0 Å². The molecule has 0 saturated carbocycles. The Morgan fingerprint density at radius 1 is 1.15 bits per heavy atom. The van der Waals surface area contributed by atoms with Gasteiger partial charge in [0.25, 0.3) is 0 Å². The SMILES string of the molecule is N#Cc1c2c(c(N3CCOC(C#N)C3)n3c1nc1ccccc13)CCC2. The molecule has 6 heteroatoms. The van der Waals surface area contributed by atoms with Gasteiger partial charge in [-0.05, 0) is 42.5 Å². The van der Waals surface area contributed by atoms with E-state index in [4.69, 9.17) is 9.72 Å². The van der Waals surface area contributed by atoms with E-state index in [2.05, 4.69) is 21.4 Å². The lowest BCUT2D eigenvalue weighted by atomic mass is 10.0. The quantitative estimate of drug-likeness (QED) is 0.679. The molecule has 1 saturated heterocycles. The van der Waals surface area contributed by atoms with E-state index in [9.17, 15) is 10.5 Å². The van der Waals surface area contributed by atoms with Gasteiger partial charge in [0.05, 0.1) is 35.8 Å². The minimum absolute atomic E-state index is 0.429. The first-order valence-corrected chi connectivity index (χ1v) is 8.93. The van der Waals surface area contributed by atoms with Crippen molar-refractivity contribution in [2.24, 2.45) is 0 Å². The first-order valence-electron chi connectivity index (χ1n) is 8.93. The minimum atomic E-state index is -0.429. The van der Waals surface area contributed by atoms with Gasteiger partial charge in [-0.1, -0.05) is 12.1 Å². The van der Waals surface area contributed by atoms with Crippen LogP contribution in [0.4, 0.5) is 5.82 Å². The maximum absolute atomic E-state index is 9.83. The molecular weight excluding hydrogens is 326 g/mol. The van der Waals surface area contributed by atoms with Crippen LogP contribution in [0.15, 0.2) is 24.3 Å². The van der Waals surface area contributed by atoms with Gasteiger partial charge in [-0.25, -0.2) is 4.98 Å². The molecule has 2 aromatic heterocycles. The summed E-state index contributed by atoms with van der Waals surface area (Å²) >= 11 is 0. The molecule has 1 aromatic carbocycles. The number of ether oxygens (including phenoxy) is 1. The topological polar surface area (TPSA) is 77.4 Å². The molecule has 3 aromatic rings. The first kappa shape index (κ1) is 15.2. The molecule has 1 aliphatic heterocycles. The highest BCUT2D eigenvalue weighted by Gasteiger charge is 2.30. The number of fused-ring (bicyclic) bond motifs is 4. The number of imidazole rings is 1. The van der Waals surface area contributed by atoms with Gasteiger partial charge in [-0.2, -0.15) is 10.5 Å². The monoisotopic (exact) mass is 343 g/mol. The second kappa shape index (κ2) is 5.72. The minimum Gasteiger partial charge on any atom is -0.360 e. The molecule has 128 valence electrons. The largest absolute Gasteiger partial charge is 0.360 e. The summed E-state index contributed by atoms with van der Waals surface area (Å²) in [6.45, 7) is 1.80. The lowest BCUT2D eigenvalue weighted by Gasteiger charge is -2.33. The van der Waals surface area contributed by atoms with Crippen LogP contribution in [0.5, 0.6) is 0 Å². The molecule has 2 aliphatic rings. The van der Waals surface area contributed by atoms with E-state index in [1.165, 1.54) is 5.56 Å². The van der Waals surface area contributed by atoms with E-state index in [1.807, 2.05) is 24.3 Å². The van der Waals surface area contributed by atoms with Crippen LogP contribution < -0.4 is 4.90 Å². The molecule has 6 nitrogen and oxygen atoms in total. The summed E-state index contributed by atoms with van der Waals surface area (Å²) < 4.78 is 7.67. The van der Waals surface area contributed by atoms with Crippen molar-refractivity contribution in [3.05, 3.63) is 41.0 Å². The third-order valence-electron chi connectivity index (χ3n) is 5.41. The molecule has 1 unspecified atom stereocenters. The zero-order valence-corrected chi connectivity index (χ0v) is 14.3. The van der Waals surface area contributed by atoms with Crippen LogP contribution in [0.3, 0.4) is 0 Å². The molecule has 0 radical (unpaired) electrons. The third-order valence-corrected chi connectivity index (χ3v) is 5.41. The second-order valence-corrected chi connectivity index (χ2v) is 6.82. The molecule has 26 heavy (non-hydrogen) atoms. The Labute approximate surface area is 150 Å². The summed E-state index contributed by atoms with van der Waals surface area (Å²) in [5.74, 6) is 1.09. The van der Waals surface area contributed by atoms with Crippen molar-refractivity contribution < 1.29 is 4.74 Å². The molecule has 1 atom stereocenters. The summed E-state index contributed by atoms with van der Waals surface area (Å²) in [7, 11) is 0. The molecule has 0 amide bonds. The van der Waals surface area contributed by atoms with Crippen LogP contribution in [0.25, 0.3) is 16.7 Å². The molecular formula is C20H17N5O. The van der Waals surface area contributed by atoms with E-state index < -0.39 is 6.10 Å². The summed E-state index contributed by atoms with van der Waals surface area (Å²) in [4.78, 5) is 7.02. The summed E-state index contributed by atoms with van der Waals surface area (Å²) in [5.41, 5.74) is 5.68. The van der Waals surface area contributed by atoms with Crippen LogP contribution >= 0.6 is 0 Å². The lowest BCUT2D eigenvalue weighted by molar-refractivity contribution is 0.0760. The van der Waals surface area contributed by atoms with Crippen molar-refractivity contribution in [3.63, 3.8) is 0 Å². The number of para-hydroxylation sites is 2. The number of hydrogen-bond acceptors (Lipinski definition) is 5. The maximum atomic E-state index is 9.83. The molecule has 0 bridgehead atoms. The van der Waals surface area contributed by atoms with Crippen molar-refractivity contribution in [1.29, 1.82) is 10.5 Å². The Bertz CT molecular complexity index is 1120. The summed E-state index contributed by atoms with van der Waals surface area (Å²) in [5, 5.41) is 19.1. The van der Waals surface area contributed by atoms with Crippen molar-refractivity contribution in [2.45, 2.75) is 25.4 Å². The number of rotatable bonds is 1. The Balaban J connectivity index is 1.87. The molecule has 0 spiro atoms. The first-order chi connectivity index (χ1) is 12.8. The zero-order valence-electron chi connectivity index (χ0n) is 14.3. The van der Waals surface area contributed by atoms with Crippen molar-refractivity contribution in [3.8, 4) is 12.1 Å². The third kappa shape index (κ3) is 2.03. The number of nitrogens with zero attached hydrogens (tertiary/aromatic N) is 5. The Kier molecular flexibility index (Phi) is 3.34. The normalized spacial score (nSPS) is 19.5. The van der Waals surface area contributed by atoms with Crippen LogP contribution in [0, 0.1) is 22.7 Å². The fourth-order valence-corrected chi connectivity index (χ4v) is 4.31. The van der Waals surface area contributed by atoms with Gasteiger partial charge in [0.2, 0.25) is 0 Å². The lowest BCUT2D eigenvalue weighted by Crippen LogP contribution is -2.43. The smallest absolute Gasteiger partial charge is 0.161 e. The fraction of sp³-hybridized carbons (Fsp3) is 0.350. The number of morpholine rings is 1. The number of pyridine rings is 1. The van der Waals surface area contributed by atoms with Gasteiger partial charge in [0, 0.05) is 6.54 Å². The van der Waals surface area contributed by atoms with Crippen molar-refractivity contribution >= 4 is 22.5 Å². The number of benzene rings is 1. The van der Waals surface area contributed by atoms with Crippen LogP contribution in [0.1, 0.15) is 23.1 Å². The molecule has 1 fully saturated rings. The molecule has 1 aliphatic carbocycles. The van der Waals surface area contributed by atoms with Crippen molar-refractivity contribution in [2.75, 3.05) is 24.6 Å². The number of aromatic nitrogens is 2. The maximum Gasteiger partial charge on any atom is 0.161 e. The number of nitriles is 2. The Hall–Kier alpha value is -3.09. The van der Waals surface area contributed by atoms with Gasteiger partial charge in [0.1, 0.15) is 11.9 Å². The van der Waals surface area contributed by atoms with Crippen LogP contribution in [-0.2, 0) is 17.6 Å². The average molecular weight is 343 g/mol. The highest BCUT2D eigenvalue weighted by molar-refractivity contribution is 5.86. The Morgan fingerprint density at radius 2 is 2.00 bits per heavy atom. The average Bonchev–Trinajstić information content (AvgIpc) is 3.31. The molecule has 5 rings (SSSR count). The van der Waals surface area contributed by atoms with Crippen molar-refractivity contribution in [1.82, 2.24) is 9.38 Å².